The Bertz CT molecular complexity index is 1120. The summed E-state index contributed by atoms with van der Waals surface area (Å²) in [6, 6.07) is 21.3. The summed E-state index contributed by atoms with van der Waals surface area (Å²) in [6.07, 6.45) is 2.37. The standard InChI is InChI=1S/C34H48O6Si/c1-8-29-30(35)22-31(36)38-32(29)24(2)19-20-25-21-26(40-34(6,7)39-25)23-37-41(33(3,4)5,27-15-11-9-12-16-27)28-17-13-10-14-18-28/h9-18,24-26,29,32H,8,19-23H2,1-7H3/t24-,25-,26+,29+,32-/m1/s1. The Balaban J connectivity index is 1.50. The van der Waals surface area contributed by atoms with Crippen molar-refractivity contribution >= 4 is 30.4 Å². The minimum absolute atomic E-state index is 0.00425. The molecule has 5 atom stereocenters. The highest BCUT2D eigenvalue weighted by atomic mass is 28.4. The largest absolute Gasteiger partial charge is 0.461 e. The molecule has 2 fully saturated rings. The van der Waals surface area contributed by atoms with Gasteiger partial charge in [-0.1, -0.05) is 95.3 Å². The quantitative estimate of drug-likeness (QED) is 0.201. The molecule has 2 aliphatic rings. The van der Waals surface area contributed by atoms with Crippen molar-refractivity contribution in [1.29, 1.82) is 0 Å². The molecule has 2 aliphatic heterocycles. The number of ether oxygens (including phenoxy) is 3. The van der Waals surface area contributed by atoms with Crippen LogP contribution in [0.4, 0.5) is 0 Å². The van der Waals surface area contributed by atoms with E-state index in [1.54, 1.807) is 0 Å². The van der Waals surface area contributed by atoms with E-state index < -0.39 is 20.1 Å². The Labute approximate surface area is 247 Å². The summed E-state index contributed by atoms with van der Waals surface area (Å²) in [4.78, 5) is 24.5. The van der Waals surface area contributed by atoms with Gasteiger partial charge >= 0.3 is 5.97 Å². The number of cyclic esters (lactones) is 1. The van der Waals surface area contributed by atoms with Crippen molar-refractivity contribution in [2.75, 3.05) is 6.61 Å². The van der Waals surface area contributed by atoms with E-state index in [0.29, 0.717) is 13.0 Å². The normalized spacial score (nSPS) is 25.9. The van der Waals surface area contributed by atoms with Crippen molar-refractivity contribution < 1.29 is 28.2 Å². The maximum Gasteiger partial charge on any atom is 0.313 e. The van der Waals surface area contributed by atoms with Gasteiger partial charge in [-0.25, -0.2) is 0 Å². The predicted molar refractivity (Wildman–Crippen MR) is 164 cm³/mol. The van der Waals surface area contributed by atoms with Gasteiger partial charge in [-0.05, 0) is 54.4 Å². The van der Waals surface area contributed by atoms with Crippen molar-refractivity contribution in [3.63, 3.8) is 0 Å². The molecule has 4 rings (SSSR count). The van der Waals surface area contributed by atoms with Gasteiger partial charge in [0, 0.05) is 6.42 Å². The van der Waals surface area contributed by atoms with Crippen LogP contribution >= 0.6 is 0 Å². The van der Waals surface area contributed by atoms with Gasteiger partial charge in [0.1, 0.15) is 12.5 Å². The number of ketones is 1. The lowest BCUT2D eigenvalue weighted by Gasteiger charge is -2.46. The Kier molecular flexibility index (Phi) is 9.95. The van der Waals surface area contributed by atoms with Crippen molar-refractivity contribution in [1.82, 2.24) is 0 Å². The van der Waals surface area contributed by atoms with E-state index in [9.17, 15) is 9.59 Å². The molecule has 0 aromatic heterocycles. The molecule has 2 heterocycles. The van der Waals surface area contributed by atoms with Crippen molar-refractivity contribution in [2.45, 2.75) is 110 Å². The lowest BCUT2D eigenvalue weighted by Crippen LogP contribution is -2.67. The van der Waals surface area contributed by atoms with Crippen LogP contribution < -0.4 is 10.4 Å². The fraction of sp³-hybridized carbons (Fsp3) is 0.588. The average molecular weight is 581 g/mol. The lowest BCUT2D eigenvalue weighted by atomic mass is 9.81. The number of hydrogen-bond donors (Lipinski definition) is 0. The maximum absolute atomic E-state index is 12.5. The summed E-state index contributed by atoms with van der Waals surface area (Å²) in [6.45, 7) is 15.3. The molecule has 224 valence electrons. The molecule has 7 heteroatoms. The van der Waals surface area contributed by atoms with E-state index >= 15 is 0 Å². The first kappa shape index (κ1) is 31.6. The number of hydrogen-bond acceptors (Lipinski definition) is 6. The topological polar surface area (TPSA) is 71.1 Å². The van der Waals surface area contributed by atoms with Gasteiger partial charge in [0.05, 0.1) is 24.7 Å². The minimum atomic E-state index is -2.69. The molecule has 0 aliphatic carbocycles. The van der Waals surface area contributed by atoms with Gasteiger partial charge in [0.15, 0.2) is 11.6 Å². The molecule has 0 spiro atoms. The molecule has 0 N–H and O–H groups in total. The lowest BCUT2D eigenvalue weighted by molar-refractivity contribution is -0.304. The minimum Gasteiger partial charge on any atom is -0.461 e. The molecule has 0 saturated carbocycles. The van der Waals surface area contributed by atoms with Crippen LogP contribution in [0.25, 0.3) is 0 Å². The van der Waals surface area contributed by atoms with Crippen LogP contribution in [-0.4, -0.2) is 50.8 Å². The molecule has 2 aromatic rings. The number of benzene rings is 2. The van der Waals surface area contributed by atoms with Crippen LogP contribution in [0.2, 0.25) is 5.04 Å². The van der Waals surface area contributed by atoms with E-state index in [4.69, 9.17) is 18.6 Å². The fourth-order valence-corrected chi connectivity index (χ4v) is 11.4. The van der Waals surface area contributed by atoms with Gasteiger partial charge in [-0.2, -0.15) is 0 Å². The Morgan fingerprint density at radius 1 is 0.951 bits per heavy atom. The van der Waals surface area contributed by atoms with Gasteiger partial charge in [-0.3, -0.25) is 9.59 Å². The maximum atomic E-state index is 12.5. The first-order valence-corrected chi connectivity index (χ1v) is 17.1. The van der Waals surface area contributed by atoms with Crippen LogP contribution in [-0.2, 0) is 28.2 Å². The van der Waals surface area contributed by atoms with Crippen LogP contribution in [0.5, 0.6) is 0 Å². The summed E-state index contributed by atoms with van der Waals surface area (Å²) in [5, 5.41) is 2.38. The van der Waals surface area contributed by atoms with Crippen LogP contribution in [0, 0.1) is 11.8 Å². The first-order valence-electron chi connectivity index (χ1n) is 15.2. The number of carbonyl (C=O) groups is 2. The van der Waals surface area contributed by atoms with Crippen LogP contribution in [0.15, 0.2) is 60.7 Å². The summed E-state index contributed by atoms with van der Waals surface area (Å²) in [5.41, 5.74) is 0. The van der Waals surface area contributed by atoms with Crippen LogP contribution in [0.3, 0.4) is 0 Å². The third-order valence-electron chi connectivity index (χ3n) is 8.67. The van der Waals surface area contributed by atoms with E-state index in [-0.39, 0.29) is 47.4 Å². The zero-order chi connectivity index (χ0) is 29.8. The van der Waals surface area contributed by atoms with Gasteiger partial charge in [-0.15, -0.1) is 0 Å². The average Bonchev–Trinajstić information content (AvgIpc) is 2.91. The van der Waals surface area contributed by atoms with Crippen LogP contribution in [0.1, 0.15) is 80.6 Å². The zero-order valence-electron chi connectivity index (χ0n) is 25.9. The molecule has 41 heavy (non-hydrogen) atoms. The van der Waals surface area contributed by atoms with E-state index in [0.717, 1.165) is 19.3 Å². The SMILES string of the molecule is CC[C@H]1C(=O)CC(=O)O[C@@H]1[C@H](C)CC[C@@H]1C[C@@H](CO[Si](c2ccccc2)(c2ccccc2)C(C)(C)C)OC(C)(C)O1. The number of rotatable bonds is 10. The number of esters is 1. The van der Waals surface area contributed by atoms with Crippen molar-refractivity contribution in [2.24, 2.45) is 11.8 Å². The second-order valence-corrected chi connectivity index (χ2v) is 17.6. The van der Waals surface area contributed by atoms with E-state index in [2.05, 4.69) is 88.4 Å². The second-order valence-electron chi connectivity index (χ2n) is 13.3. The second kappa shape index (κ2) is 12.9. The molecule has 0 radical (unpaired) electrons. The first-order chi connectivity index (χ1) is 19.4. The number of Topliss-reactive ketones (excluding diaryl/α,β-unsaturated/α-hetero) is 1. The van der Waals surface area contributed by atoms with E-state index in [1.807, 2.05) is 20.8 Å². The highest BCUT2D eigenvalue weighted by Crippen LogP contribution is 2.38. The molecule has 0 amide bonds. The van der Waals surface area contributed by atoms with Crippen molar-refractivity contribution in [3.8, 4) is 0 Å². The highest BCUT2D eigenvalue weighted by Gasteiger charge is 2.51. The zero-order valence-corrected chi connectivity index (χ0v) is 26.9. The number of carbonyl (C=O) groups excluding carboxylic acids is 2. The fourth-order valence-electron chi connectivity index (χ4n) is 6.80. The van der Waals surface area contributed by atoms with Gasteiger partial charge in [0.2, 0.25) is 0 Å². The summed E-state index contributed by atoms with van der Waals surface area (Å²) >= 11 is 0. The van der Waals surface area contributed by atoms with Gasteiger partial charge < -0.3 is 18.6 Å². The Morgan fingerprint density at radius 3 is 2.05 bits per heavy atom. The third kappa shape index (κ3) is 7.19. The molecule has 6 nitrogen and oxygen atoms in total. The molecule has 2 saturated heterocycles. The third-order valence-corrected chi connectivity index (χ3v) is 13.7. The molecule has 0 bridgehead atoms. The Morgan fingerprint density at radius 2 is 1.51 bits per heavy atom. The molecule has 2 aromatic carbocycles. The molecular weight excluding hydrogens is 532 g/mol. The smallest absolute Gasteiger partial charge is 0.313 e. The summed E-state index contributed by atoms with van der Waals surface area (Å²) < 4.78 is 25.7. The summed E-state index contributed by atoms with van der Waals surface area (Å²) in [7, 11) is -2.69. The molecule has 0 unspecified atom stereocenters. The van der Waals surface area contributed by atoms with Gasteiger partial charge in [0.25, 0.3) is 8.32 Å². The van der Waals surface area contributed by atoms with E-state index in [1.165, 1.54) is 10.4 Å². The predicted octanol–water partition coefficient (Wildman–Crippen LogP) is 5.80. The highest BCUT2D eigenvalue weighted by molar-refractivity contribution is 6.99. The summed E-state index contributed by atoms with van der Waals surface area (Å²) in [5.74, 6) is -1.30. The Hall–Kier alpha value is -2.32. The molecular formula is C34H48O6Si. The monoisotopic (exact) mass is 580 g/mol. The van der Waals surface area contributed by atoms with Crippen molar-refractivity contribution in [3.05, 3.63) is 60.7 Å².